The molecule has 0 aromatic heterocycles. The van der Waals surface area contributed by atoms with Crippen molar-refractivity contribution in [1.29, 1.82) is 0 Å². The average Bonchev–Trinajstić information content (AvgIpc) is 2.86. The van der Waals surface area contributed by atoms with Crippen LogP contribution in [0.1, 0.15) is 17.2 Å². The summed E-state index contributed by atoms with van der Waals surface area (Å²) in [6, 6.07) is 7.75. The minimum atomic E-state index is -0.308. The number of nitrogens with one attached hydrogen (secondary N) is 2. The largest absolute Gasteiger partial charge is 0.351 e. The maximum atomic E-state index is 12.8. The molecule has 21 heavy (non-hydrogen) atoms. The monoisotopic (exact) mass is 278 g/mol. The number of benzene rings is 1. The van der Waals surface area contributed by atoms with Crippen LogP contribution in [0.25, 0.3) is 0 Å². The molecule has 104 valence electrons. The maximum absolute atomic E-state index is 12.8. The summed E-state index contributed by atoms with van der Waals surface area (Å²) >= 11 is 0. The van der Waals surface area contributed by atoms with Crippen molar-refractivity contribution in [3.63, 3.8) is 0 Å². The summed E-state index contributed by atoms with van der Waals surface area (Å²) in [5.74, 6) is 0.924. The van der Waals surface area contributed by atoms with Crippen LogP contribution in [-0.4, -0.2) is 22.6 Å². The molecule has 4 heteroatoms. The highest BCUT2D eigenvalue weighted by Crippen LogP contribution is 2.29. The fourth-order valence-corrected chi connectivity index (χ4v) is 2.96. The Balaban J connectivity index is 1.69. The number of rotatable bonds is 1. The van der Waals surface area contributed by atoms with E-state index in [9.17, 15) is 4.79 Å². The third kappa shape index (κ3) is 1.83. The third-order valence-electron chi connectivity index (χ3n) is 4.10. The van der Waals surface area contributed by atoms with Crippen LogP contribution < -0.4 is 10.3 Å². The molecular weight excluding hydrogens is 262 g/mol. The predicted molar refractivity (Wildman–Crippen MR) is 80.0 cm³/mol. The SMILES string of the molecule is Cc1ccc(C2NC3=C[NH+]=C4C=CC=CC4N3C2=O)cc1. The molecular formula is C17H16N3O+. The molecule has 1 saturated heterocycles. The third-order valence-corrected chi connectivity index (χ3v) is 4.10. The molecule has 1 fully saturated rings. The molecule has 1 aliphatic carbocycles. The lowest BCUT2D eigenvalue weighted by Gasteiger charge is -2.25. The molecule has 0 spiro atoms. The van der Waals surface area contributed by atoms with Crippen molar-refractivity contribution < 1.29 is 9.79 Å². The van der Waals surface area contributed by atoms with E-state index in [1.807, 2.05) is 66.6 Å². The smallest absolute Gasteiger partial charge is 0.256 e. The van der Waals surface area contributed by atoms with Crippen LogP contribution in [0.4, 0.5) is 0 Å². The van der Waals surface area contributed by atoms with Gasteiger partial charge in [-0.05, 0) is 12.5 Å². The van der Waals surface area contributed by atoms with Gasteiger partial charge in [-0.1, -0.05) is 48.1 Å². The Morgan fingerprint density at radius 3 is 2.81 bits per heavy atom. The van der Waals surface area contributed by atoms with Crippen molar-refractivity contribution in [2.45, 2.75) is 19.0 Å². The predicted octanol–water partition coefficient (Wildman–Crippen LogP) is 0.297. The molecule has 2 unspecified atom stereocenters. The molecule has 0 radical (unpaired) electrons. The van der Waals surface area contributed by atoms with Crippen molar-refractivity contribution in [3.8, 4) is 0 Å². The molecule has 2 atom stereocenters. The summed E-state index contributed by atoms with van der Waals surface area (Å²) < 4.78 is 0. The van der Waals surface area contributed by atoms with Crippen LogP contribution in [-0.2, 0) is 4.79 Å². The highest BCUT2D eigenvalue weighted by atomic mass is 16.2. The molecule has 2 aliphatic heterocycles. The summed E-state index contributed by atoms with van der Waals surface area (Å²) in [4.78, 5) is 17.9. The van der Waals surface area contributed by atoms with Gasteiger partial charge in [0.2, 0.25) is 11.9 Å². The van der Waals surface area contributed by atoms with Crippen molar-refractivity contribution in [3.05, 3.63) is 71.7 Å². The van der Waals surface area contributed by atoms with Crippen LogP contribution in [0.3, 0.4) is 0 Å². The minimum absolute atomic E-state index is 0.0366. The van der Waals surface area contributed by atoms with E-state index >= 15 is 0 Å². The second-order valence-corrected chi connectivity index (χ2v) is 5.51. The van der Waals surface area contributed by atoms with Gasteiger partial charge in [0, 0.05) is 6.08 Å². The zero-order chi connectivity index (χ0) is 14.4. The summed E-state index contributed by atoms with van der Waals surface area (Å²) in [5, 5.41) is 3.32. The second kappa shape index (κ2) is 4.45. The zero-order valence-electron chi connectivity index (χ0n) is 11.7. The van der Waals surface area contributed by atoms with Gasteiger partial charge in [0.1, 0.15) is 12.1 Å². The second-order valence-electron chi connectivity index (χ2n) is 5.51. The number of aryl methyl sites for hydroxylation is 1. The van der Waals surface area contributed by atoms with E-state index in [4.69, 9.17) is 0 Å². The first-order valence-electron chi connectivity index (χ1n) is 7.08. The van der Waals surface area contributed by atoms with E-state index < -0.39 is 0 Å². The van der Waals surface area contributed by atoms with Crippen LogP contribution in [0.2, 0.25) is 0 Å². The Morgan fingerprint density at radius 1 is 1.19 bits per heavy atom. The number of nitrogens with zero attached hydrogens (tertiary/aromatic N) is 1. The Bertz CT molecular complexity index is 725. The normalized spacial score (nSPS) is 26.0. The molecule has 4 rings (SSSR count). The van der Waals surface area contributed by atoms with Crippen molar-refractivity contribution in [2.75, 3.05) is 0 Å². The average molecular weight is 278 g/mol. The van der Waals surface area contributed by atoms with E-state index in [2.05, 4.69) is 10.3 Å². The van der Waals surface area contributed by atoms with Crippen molar-refractivity contribution in [2.24, 2.45) is 0 Å². The highest BCUT2D eigenvalue weighted by molar-refractivity contribution is 6.02. The summed E-state index contributed by atoms with van der Waals surface area (Å²) in [7, 11) is 0. The Hall–Kier alpha value is -2.62. The number of carbonyl (C=O) groups excluding carboxylic acids is 1. The van der Waals surface area contributed by atoms with E-state index in [0.717, 1.165) is 17.1 Å². The van der Waals surface area contributed by atoms with Gasteiger partial charge in [-0.15, -0.1) is 0 Å². The quantitative estimate of drug-likeness (QED) is 0.776. The highest BCUT2D eigenvalue weighted by Gasteiger charge is 2.45. The zero-order valence-corrected chi connectivity index (χ0v) is 11.7. The minimum Gasteiger partial charge on any atom is -0.351 e. The molecule has 1 aromatic carbocycles. The maximum Gasteiger partial charge on any atom is 0.256 e. The van der Waals surface area contributed by atoms with E-state index in [0.29, 0.717) is 0 Å². The number of hydrogen-bond donors (Lipinski definition) is 2. The lowest BCUT2D eigenvalue weighted by Crippen LogP contribution is -2.74. The summed E-state index contributed by atoms with van der Waals surface area (Å²) in [5.41, 5.74) is 3.22. The number of amides is 1. The first kappa shape index (κ1) is 12.1. The van der Waals surface area contributed by atoms with E-state index in [1.54, 1.807) is 0 Å². The van der Waals surface area contributed by atoms with Gasteiger partial charge in [0.25, 0.3) is 5.91 Å². The van der Waals surface area contributed by atoms with Crippen molar-refractivity contribution in [1.82, 2.24) is 10.2 Å². The van der Waals surface area contributed by atoms with Gasteiger partial charge in [-0.25, -0.2) is 4.99 Å². The van der Waals surface area contributed by atoms with E-state index in [-0.39, 0.29) is 18.0 Å². The van der Waals surface area contributed by atoms with Gasteiger partial charge in [-0.3, -0.25) is 9.69 Å². The van der Waals surface area contributed by atoms with Gasteiger partial charge in [0.05, 0.1) is 0 Å². The molecule has 1 aromatic rings. The number of carbonyl (C=O) groups is 1. The first-order valence-corrected chi connectivity index (χ1v) is 7.08. The molecule has 0 bridgehead atoms. The Kier molecular flexibility index (Phi) is 2.57. The van der Waals surface area contributed by atoms with Gasteiger partial charge in [-0.2, -0.15) is 0 Å². The fourth-order valence-electron chi connectivity index (χ4n) is 2.96. The van der Waals surface area contributed by atoms with Crippen molar-refractivity contribution >= 4 is 11.6 Å². The lowest BCUT2D eigenvalue weighted by molar-refractivity contribution is -0.380. The van der Waals surface area contributed by atoms with E-state index in [1.165, 1.54) is 5.56 Å². The first-order chi connectivity index (χ1) is 10.2. The fraction of sp³-hybridized carbons (Fsp3) is 0.176. The number of fused-ring (bicyclic) bond motifs is 3. The van der Waals surface area contributed by atoms with Crippen LogP contribution in [0.5, 0.6) is 0 Å². The molecule has 0 saturated carbocycles. The Morgan fingerprint density at radius 2 is 2.00 bits per heavy atom. The molecule has 4 nitrogen and oxygen atoms in total. The number of hydrogen-bond acceptors (Lipinski definition) is 2. The van der Waals surface area contributed by atoms with Crippen LogP contribution in [0, 0.1) is 6.92 Å². The van der Waals surface area contributed by atoms with Crippen LogP contribution >= 0.6 is 0 Å². The van der Waals surface area contributed by atoms with Gasteiger partial charge in [0.15, 0.2) is 5.82 Å². The molecule has 2 heterocycles. The summed E-state index contributed by atoms with van der Waals surface area (Å²) in [6.07, 6.45) is 9.85. The summed E-state index contributed by atoms with van der Waals surface area (Å²) in [6.45, 7) is 2.05. The topological polar surface area (TPSA) is 46.3 Å². The Labute approximate surface area is 123 Å². The molecule has 1 amide bonds. The lowest BCUT2D eigenvalue weighted by atomic mass is 10.0. The van der Waals surface area contributed by atoms with Gasteiger partial charge < -0.3 is 5.32 Å². The van der Waals surface area contributed by atoms with Gasteiger partial charge >= 0.3 is 0 Å². The number of allylic oxidation sites excluding steroid dienone is 2. The molecule has 3 aliphatic rings. The standard InChI is InChI=1S/C17H15N3O/c1-11-6-8-12(9-7-11)16-17(21)20-14-5-3-2-4-13(14)18-10-15(20)19-16/h2-10,14,16,19H,1H3/p+1. The molecule has 2 N–H and O–H groups in total. The van der Waals surface area contributed by atoms with Crippen LogP contribution in [0.15, 0.2) is 60.6 Å².